The van der Waals surface area contributed by atoms with Crippen molar-refractivity contribution in [3.05, 3.63) is 0 Å². The first-order chi connectivity index (χ1) is 7.33. The van der Waals surface area contributed by atoms with Crippen LogP contribution in [0.25, 0.3) is 0 Å². The van der Waals surface area contributed by atoms with E-state index in [4.69, 9.17) is 15.2 Å². The van der Waals surface area contributed by atoms with Crippen molar-refractivity contribution in [2.24, 2.45) is 5.73 Å². The van der Waals surface area contributed by atoms with Crippen LogP contribution in [0.3, 0.4) is 0 Å². The van der Waals surface area contributed by atoms with Crippen LogP contribution in [-0.2, 0) is 9.47 Å². The van der Waals surface area contributed by atoms with Crippen molar-refractivity contribution < 1.29 is 9.47 Å². The van der Waals surface area contributed by atoms with Crippen molar-refractivity contribution in [1.82, 2.24) is 0 Å². The lowest BCUT2D eigenvalue weighted by atomic mass is 9.98. The van der Waals surface area contributed by atoms with Crippen molar-refractivity contribution in [2.45, 2.75) is 30.4 Å². The van der Waals surface area contributed by atoms with Crippen LogP contribution in [0.1, 0.15) is 25.7 Å². The van der Waals surface area contributed by atoms with Crippen molar-refractivity contribution >= 4 is 11.8 Å². The average molecular weight is 233 g/mol. The Bertz CT molecular complexity index is 161. The van der Waals surface area contributed by atoms with Gasteiger partial charge in [-0.2, -0.15) is 11.8 Å². The summed E-state index contributed by atoms with van der Waals surface area (Å²) in [6.07, 6.45) is 4.92. The summed E-state index contributed by atoms with van der Waals surface area (Å²) < 4.78 is 10.7. The van der Waals surface area contributed by atoms with Crippen LogP contribution in [0.2, 0.25) is 0 Å². The molecule has 0 radical (unpaired) electrons. The topological polar surface area (TPSA) is 44.5 Å². The van der Waals surface area contributed by atoms with Gasteiger partial charge in [-0.15, -0.1) is 0 Å². The zero-order valence-corrected chi connectivity index (χ0v) is 10.5. The Labute approximate surface area is 97.1 Å². The molecule has 0 saturated carbocycles. The van der Waals surface area contributed by atoms with E-state index in [2.05, 4.69) is 11.8 Å². The molecule has 0 spiro atoms. The quantitative estimate of drug-likeness (QED) is 0.648. The van der Waals surface area contributed by atoms with Crippen LogP contribution in [0.4, 0.5) is 0 Å². The molecule has 0 aromatic rings. The summed E-state index contributed by atoms with van der Waals surface area (Å²) in [7, 11) is 1.70. The highest BCUT2D eigenvalue weighted by molar-refractivity contribution is 8.00. The van der Waals surface area contributed by atoms with Crippen LogP contribution in [-0.4, -0.2) is 44.0 Å². The van der Waals surface area contributed by atoms with Crippen molar-refractivity contribution in [1.29, 1.82) is 0 Å². The zero-order chi connectivity index (χ0) is 11.0. The molecule has 1 heterocycles. The summed E-state index contributed by atoms with van der Waals surface area (Å²) in [6.45, 7) is 3.05. The number of nitrogens with two attached hydrogens (primary N) is 1. The minimum absolute atomic E-state index is 0.366. The van der Waals surface area contributed by atoms with Gasteiger partial charge >= 0.3 is 0 Å². The van der Waals surface area contributed by atoms with Crippen LogP contribution in [0.5, 0.6) is 0 Å². The molecule has 1 fully saturated rings. The lowest BCUT2D eigenvalue weighted by Crippen LogP contribution is -2.32. The third-order valence-electron chi connectivity index (χ3n) is 2.91. The fourth-order valence-electron chi connectivity index (χ4n) is 1.96. The van der Waals surface area contributed by atoms with E-state index >= 15 is 0 Å². The van der Waals surface area contributed by atoms with Gasteiger partial charge < -0.3 is 15.2 Å². The molecule has 0 amide bonds. The average Bonchev–Trinajstić information content (AvgIpc) is 2.73. The van der Waals surface area contributed by atoms with Gasteiger partial charge in [0.15, 0.2) is 0 Å². The van der Waals surface area contributed by atoms with E-state index in [1.54, 1.807) is 7.11 Å². The molecule has 0 bridgehead atoms. The molecule has 1 aliphatic rings. The number of thioether (sulfide) groups is 1. The second-order valence-corrected chi connectivity index (χ2v) is 5.61. The predicted octanol–water partition coefficient (Wildman–Crippen LogP) is 1.65. The molecule has 1 atom stereocenters. The maximum absolute atomic E-state index is 5.85. The number of rotatable bonds is 8. The molecule has 1 rings (SSSR count). The lowest BCUT2D eigenvalue weighted by molar-refractivity contribution is 0.0678. The largest absolute Gasteiger partial charge is 0.382 e. The van der Waals surface area contributed by atoms with Gasteiger partial charge in [0.1, 0.15) is 0 Å². The fraction of sp³-hybridized carbons (Fsp3) is 1.00. The summed E-state index contributed by atoms with van der Waals surface area (Å²) >= 11 is 2.05. The summed E-state index contributed by atoms with van der Waals surface area (Å²) in [5.41, 5.74) is 5.85. The highest BCUT2D eigenvalue weighted by Gasteiger charge is 2.32. The second kappa shape index (κ2) is 7.49. The molecular formula is C11H23NO2S. The highest BCUT2D eigenvalue weighted by Crippen LogP contribution is 2.40. The van der Waals surface area contributed by atoms with E-state index in [0.717, 1.165) is 19.6 Å². The molecule has 0 aliphatic carbocycles. The van der Waals surface area contributed by atoms with Gasteiger partial charge in [-0.05, 0) is 31.4 Å². The lowest BCUT2D eigenvalue weighted by Gasteiger charge is -2.26. The SMILES string of the molecule is COCCOCCCC1(CN)CCCS1. The zero-order valence-electron chi connectivity index (χ0n) is 9.67. The Balaban J connectivity index is 2.02. The molecule has 0 aromatic carbocycles. The van der Waals surface area contributed by atoms with E-state index < -0.39 is 0 Å². The molecule has 1 saturated heterocycles. The van der Waals surface area contributed by atoms with E-state index in [0.29, 0.717) is 18.0 Å². The second-order valence-electron chi connectivity index (χ2n) is 4.05. The number of hydrogen-bond donors (Lipinski definition) is 1. The fourth-order valence-corrected chi connectivity index (χ4v) is 3.37. The van der Waals surface area contributed by atoms with Crippen molar-refractivity contribution in [3.8, 4) is 0 Å². The highest BCUT2D eigenvalue weighted by atomic mass is 32.2. The summed E-state index contributed by atoms with van der Waals surface area (Å²) in [6, 6.07) is 0. The summed E-state index contributed by atoms with van der Waals surface area (Å²) in [5.74, 6) is 1.28. The standard InChI is InChI=1S/C11H23NO2S/c1-13-7-8-14-6-2-4-11(10-12)5-3-9-15-11/h2-10,12H2,1H3. The van der Waals surface area contributed by atoms with Crippen molar-refractivity contribution in [3.63, 3.8) is 0 Å². The molecular weight excluding hydrogens is 210 g/mol. The number of hydrogen-bond acceptors (Lipinski definition) is 4. The molecule has 15 heavy (non-hydrogen) atoms. The minimum Gasteiger partial charge on any atom is -0.382 e. The molecule has 0 aromatic heterocycles. The Morgan fingerprint density at radius 3 is 2.80 bits per heavy atom. The first-order valence-electron chi connectivity index (χ1n) is 5.74. The van der Waals surface area contributed by atoms with E-state index in [1.807, 2.05) is 0 Å². The Morgan fingerprint density at radius 1 is 1.33 bits per heavy atom. The molecule has 1 unspecified atom stereocenters. The van der Waals surface area contributed by atoms with Gasteiger partial charge in [0.2, 0.25) is 0 Å². The third-order valence-corrected chi connectivity index (χ3v) is 4.59. The van der Waals surface area contributed by atoms with Crippen LogP contribution in [0.15, 0.2) is 0 Å². The van der Waals surface area contributed by atoms with Crippen molar-refractivity contribution in [2.75, 3.05) is 39.2 Å². The molecule has 4 heteroatoms. The Hall–Kier alpha value is 0.230. The monoisotopic (exact) mass is 233 g/mol. The number of ether oxygens (including phenoxy) is 2. The van der Waals surface area contributed by atoms with E-state index in [9.17, 15) is 0 Å². The van der Waals surface area contributed by atoms with Crippen LogP contribution in [0, 0.1) is 0 Å². The Kier molecular flexibility index (Phi) is 6.64. The van der Waals surface area contributed by atoms with Gasteiger partial charge in [0.05, 0.1) is 13.2 Å². The molecule has 2 N–H and O–H groups in total. The van der Waals surface area contributed by atoms with Gasteiger partial charge in [0, 0.05) is 25.0 Å². The molecule has 90 valence electrons. The van der Waals surface area contributed by atoms with Gasteiger partial charge in [-0.1, -0.05) is 0 Å². The minimum atomic E-state index is 0.366. The molecule has 1 aliphatic heterocycles. The Morgan fingerprint density at radius 2 is 2.20 bits per heavy atom. The normalized spacial score (nSPS) is 26.0. The van der Waals surface area contributed by atoms with Gasteiger partial charge in [-0.3, -0.25) is 0 Å². The van der Waals surface area contributed by atoms with E-state index in [-0.39, 0.29) is 0 Å². The van der Waals surface area contributed by atoms with Crippen LogP contribution < -0.4 is 5.73 Å². The third kappa shape index (κ3) is 4.72. The van der Waals surface area contributed by atoms with Crippen LogP contribution >= 0.6 is 11.8 Å². The first kappa shape index (κ1) is 13.3. The molecule has 3 nitrogen and oxygen atoms in total. The number of methoxy groups -OCH3 is 1. The van der Waals surface area contributed by atoms with E-state index in [1.165, 1.54) is 25.0 Å². The smallest absolute Gasteiger partial charge is 0.0700 e. The summed E-state index contributed by atoms with van der Waals surface area (Å²) in [4.78, 5) is 0. The summed E-state index contributed by atoms with van der Waals surface area (Å²) in [5, 5.41) is 0. The van der Waals surface area contributed by atoms with Gasteiger partial charge in [-0.25, -0.2) is 0 Å². The first-order valence-corrected chi connectivity index (χ1v) is 6.72. The maximum atomic E-state index is 5.85. The predicted molar refractivity (Wildman–Crippen MR) is 65.4 cm³/mol. The maximum Gasteiger partial charge on any atom is 0.0700 e. The van der Waals surface area contributed by atoms with Gasteiger partial charge in [0.25, 0.3) is 0 Å².